The van der Waals surface area contributed by atoms with Crippen molar-refractivity contribution in [1.29, 1.82) is 0 Å². The highest BCUT2D eigenvalue weighted by Gasteiger charge is 2.21. The van der Waals surface area contributed by atoms with Crippen LogP contribution in [0.1, 0.15) is 64.5 Å². The molecule has 0 bridgehead atoms. The summed E-state index contributed by atoms with van der Waals surface area (Å²) in [7, 11) is 1.47. The van der Waals surface area contributed by atoms with Crippen LogP contribution in [0.25, 0.3) is 5.57 Å². The van der Waals surface area contributed by atoms with Crippen LogP contribution in [-0.2, 0) is 0 Å². The normalized spacial score (nSPS) is 13.1. The molecule has 3 rings (SSSR count). The maximum Gasteiger partial charge on any atom is 0.115 e. The molecule has 0 fully saturated rings. The van der Waals surface area contributed by atoms with Gasteiger partial charge in [0.05, 0.1) is 0 Å². The molecule has 0 unspecified atom stereocenters. The second kappa shape index (κ2) is 13.0. The van der Waals surface area contributed by atoms with Gasteiger partial charge in [-0.2, -0.15) is 0 Å². The summed E-state index contributed by atoms with van der Waals surface area (Å²) in [6, 6.07) is 14.6. The van der Waals surface area contributed by atoms with Crippen LogP contribution in [0.3, 0.4) is 0 Å². The fourth-order valence-electron chi connectivity index (χ4n) is 3.87. The van der Waals surface area contributed by atoms with E-state index in [0.29, 0.717) is 0 Å². The first-order valence-corrected chi connectivity index (χ1v) is 11.9. The summed E-state index contributed by atoms with van der Waals surface area (Å²) in [4.78, 5) is 0. The minimum Gasteiger partial charge on any atom is -0.508 e. The van der Waals surface area contributed by atoms with Crippen LogP contribution in [0, 0.1) is 0 Å². The van der Waals surface area contributed by atoms with Crippen molar-refractivity contribution < 1.29 is 14.7 Å². The van der Waals surface area contributed by atoms with Crippen molar-refractivity contribution in [1.82, 2.24) is 5.12 Å². The van der Waals surface area contributed by atoms with Gasteiger partial charge in [0, 0.05) is 12.6 Å². The maximum absolute atomic E-state index is 12.5. The lowest BCUT2D eigenvalue weighted by Crippen LogP contribution is -2.34. The lowest BCUT2D eigenvalue weighted by molar-refractivity contribution is -0.0450. The third-order valence-corrected chi connectivity index (χ3v) is 6.01. The summed E-state index contributed by atoms with van der Waals surface area (Å²) in [5, 5.41) is 20.1. The minimum absolute atomic E-state index is 0.254. The molecule has 0 atom stereocenters. The Bertz CT molecular complexity index is 979. The van der Waals surface area contributed by atoms with Crippen molar-refractivity contribution in [3.63, 3.8) is 0 Å². The largest absolute Gasteiger partial charge is 0.508 e. The predicted molar refractivity (Wildman–Crippen MR) is 141 cm³/mol. The first-order valence-electron chi connectivity index (χ1n) is 11.9. The molecule has 0 spiro atoms. The Hall–Kier alpha value is -3.11. The number of phenolic OH excluding ortho intramolecular Hbond substituents is 2. The van der Waals surface area contributed by atoms with Gasteiger partial charge in [0.1, 0.15) is 11.5 Å². The van der Waals surface area contributed by atoms with Crippen molar-refractivity contribution >= 4 is 5.57 Å². The van der Waals surface area contributed by atoms with Crippen molar-refractivity contribution in [2.45, 2.75) is 58.9 Å². The molecule has 0 heterocycles. The quantitative estimate of drug-likeness (QED) is 0.407. The van der Waals surface area contributed by atoms with Crippen LogP contribution < -0.4 is 0 Å². The van der Waals surface area contributed by atoms with Crippen LogP contribution >= 0.6 is 0 Å². The van der Waals surface area contributed by atoms with Crippen LogP contribution in [-0.4, -0.2) is 27.9 Å². The molecular weight excluding hydrogens is 425 g/mol. The summed E-state index contributed by atoms with van der Waals surface area (Å²) in [5.74, 6) is 0.509. The number of halogens is 1. The zero-order chi connectivity index (χ0) is 25.1. The van der Waals surface area contributed by atoms with E-state index >= 15 is 0 Å². The molecule has 2 aromatic carbocycles. The highest BCUT2D eigenvalue weighted by Crippen LogP contribution is 2.34. The van der Waals surface area contributed by atoms with Crippen LogP contribution in [0.4, 0.5) is 4.48 Å². The van der Waals surface area contributed by atoms with Gasteiger partial charge in [-0.05, 0) is 85.2 Å². The van der Waals surface area contributed by atoms with Crippen molar-refractivity contribution in [2.75, 3.05) is 7.05 Å². The number of hydrogen-bond acceptors (Lipinski definition) is 3. The fraction of sp³-hybridized carbons (Fsp3) is 0.333. The molecule has 0 amide bonds. The Morgan fingerprint density at radius 3 is 1.85 bits per heavy atom. The van der Waals surface area contributed by atoms with Crippen LogP contribution in [0.2, 0.25) is 0 Å². The highest BCUT2D eigenvalue weighted by molar-refractivity contribution is 5.85. The second-order valence-electron chi connectivity index (χ2n) is 9.02. The van der Waals surface area contributed by atoms with Gasteiger partial charge >= 0.3 is 0 Å². The molecule has 1 aliphatic rings. The maximum atomic E-state index is 12.5. The Labute approximate surface area is 204 Å². The molecule has 2 N–H and O–H groups in total. The Balaban J connectivity index is 0.000000387. The van der Waals surface area contributed by atoms with E-state index in [0.717, 1.165) is 47.5 Å². The van der Waals surface area contributed by atoms with Crippen molar-refractivity contribution in [2.24, 2.45) is 0 Å². The molecule has 182 valence electrons. The zero-order valence-electron chi connectivity index (χ0n) is 21.1. The molecule has 3 nitrogen and oxygen atoms in total. The third-order valence-electron chi connectivity index (χ3n) is 6.01. The molecule has 0 radical (unpaired) electrons. The zero-order valence-corrected chi connectivity index (χ0v) is 21.1. The number of nitrogens with zero attached hydrogens (tertiary/aromatic N) is 1. The molecule has 1 aliphatic carbocycles. The van der Waals surface area contributed by atoms with Crippen molar-refractivity contribution in [3.8, 4) is 11.5 Å². The fourth-order valence-corrected chi connectivity index (χ4v) is 3.87. The Morgan fingerprint density at radius 2 is 1.44 bits per heavy atom. The van der Waals surface area contributed by atoms with E-state index in [1.54, 1.807) is 24.3 Å². The topological polar surface area (TPSA) is 43.7 Å². The smallest absolute Gasteiger partial charge is 0.115 e. The molecule has 2 aromatic rings. The molecule has 34 heavy (non-hydrogen) atoms. The Kier molecular flexibility index (Phi) is 10.3. The first kappa shape index (κ1) is 27.1. The Morgan fingerprint density at radius 1 is 0.912 bits per heavy atom. The summed E-state index contributed by atoms with van der Waals surface area (Å²) >= 11 is 0. The number of rotatable bonds is 7. The number of aromatic hydroxyl groups is 2. The molecule has 0 aliphatic heterocycles. The van der Waals surface area contributed by atoms with E-state index < -0.39 is 0 Å². The average Bonchev–Trinajstić information content (AvgIpc) is 3.09. The van der Waals surface area contributed by atoms with E-state index in [-0.39, 0.29) is 17.0 Å². The molecule has 0 aromatic heterocycles. The van der Waals surface area contributed by atoms with Gasteiger partial charge in [-0.3, -0.25) is 0 Å². The molecule has 0 saturated heterocycles. The van der Waals surface area contributed by atoms with Gasteiger partial charge in [0.15, 0.2) is 0 Å². The molecule has 0 saturated carbocycles. The lowest BCUT2D eigenvalue weighted by atomic mass is 9.87. The lowest BCUT2D eigenvalue weighted by Gasteiger charge is -2.27. The van der Waals surface area contributed by atoms with E-state index in [4.69, 9.17) is 0 Å². The third kappa shape index (κ3) is 7.74. The van der Waals surface area contributed by atoms with Gasteiger partial charge in [0.2, 0.25) is 0 Å². The van der Waals surface area contributed by atoms with Gasteiger partial charge in [-0.1, -0.05) is 74.9 Å². The van der Waals surface area contributed by atoms with E-state index in [2.05, 4.69) is 44.2 Å². The predicted octanol–water partition coefficient (Wildman–Crippen LogP) is 8.13. The number of phenols is 2. The van der Waals surface area contributed by atoms with Gasteiger partial charge in [-0.15, -0.1) is 9.60 Å². The van der Waals surface area contributed by atoms with E-state index in [1.165, 1.54) is 18.2 Å². The van der Waals surface area contributed by atoms with Crippen LogP contribution in [0.15, 0.2) is 90.1 Å². The number of allylic oxidation sites excluding steroid dienone is 7. The highest BCUT2D eigenvalue weighted by atomic mass is 19.2. The standard InChI is InChI=1S/C23H22O2.C7H16FN/c1-2-22(17-7-5-3-4-6-8-17)23(18-9-13-20(24)14-10-18)19-11-15-21(25)16-12-19;1-5-6-7(2,3)9(4)8/h3-5,7-16,24-25H,2,6H2,1H3;5-6H2,1-4H3. The van der Waals surface area contributed by atoms with Crippen LogP contribution in [0.5, 0.6) is 11.5 Å². The monoisotopic (exact) mass is 463 g/mol. The first-order chi connectivity index (χ1) is 16.2. The second-order valence-corrected chi connectivity index (χ2v) is 9.02. The van der Waals surface area contributed by atoms with Gasteiger partial charge in [-0.25, -0.2) is 0 Å². The summed E-state index contributed by atoms with van der Waals surface area (Å²) in [6.07, 6.45) is 14.4. The number of benzene rings is 2. The number of hydrogen-bond donors (Lipinski definition) is 2. The summed E-state index contributed by atoms with van der Waals surface area (Å²) < 4.78 is 12.5. The summed E-state index contributed by atoms with van der Waals surface area (Å²) in [5.41, 5.74) is 5.40. The van der Waals surface area contributed by atoms with Gasteiger partial charge in [0.25, 0.3) is 0 Å². The summed E-state index contributed by atoms with van der Waals surface area (Å²) in [6.45, 7) is 8.02. The van der Waals surface area contributed by atoms with E-state index in [1.807, 2.05) is 38.1 Å². The molecular formula is C30H38FNO2. The van der Waals surface area contributed by atoms with Gasteiger partial charge < -0.3 is 10.2 Å². The molecule has 4 heteroatoms. The SMILES string of the molecule is CCC(C1=CCC=CC=C1)=C(c1ccc(O)cc1)c1ccc(O)cc1.CCCC(C)(C)N(C)F. The van der Waals surface area contributed by atoms with Crippen molar-refractivity contribution in [3.05, 3.63) is 101 Å². The van der Waals surface area contributed by atoms with E-state index in [9.17, 15) is 14.7 Å². The minimum atomic E-state index is -0.283. The average molecular weight is 464 g/mol.